The Balaban J connectivity index is 1.79. The van der Waals surface area contributed by atoms with Crippen molar-refractivity contribution in [3.05, 3.63) is 0 Å². The van der Waals surface area contributed by atoms with E-state index in [9.17, 15) is 5.26 Å². The van der Waals surface area contributed by atoms with Gasteiger partial charge in [0.05, 0.1) is 18.1 Å². The van der Waals surface area contributed by atoms with E-state index in [2.05, 4.69) is 13.0 Å². The minimum Gasteiger partial charge on any atom is -0.377 e. The lowest BCUT2D eigenvalue weighted by Gasteiger charge is -2.33. The van der Waals surface area contributed by atoms with E-state index in [-0.39, 0.29) is 12.0 Å². The number of nitriles is 1. The Kier molecular flexibility index (Phi) is 5.50. The van der Waals surface area contributed by atoms with Crippen molar-refractivity contribution in [1.82, 2.24) is 0 Å². The largest absolute Gasteiger partial charge is 0.377 e. The smallest absolute Gasteiger partial charge is 0.0735 e. The fourth-order valence-electron chi connectivity index (χ4n) is 3.53. The molecule has 18 heavy (non-hydrogen) atoms. The quantitative estimate of drug-likeness (QED) is 0.744. The van der Waals surface area contributed by atoms with Crippen LogP contribution in [0.2, 0.25) is 0 Å². The molecule has 0 aliphatic heterocycles. The summed E-state index contributed by atoms with van der Waals surface area (Å²) in [5.41, 5.74) is 0. The van der Waals surface area contributed by atoms with Crippen LogP contribution in [0.5, 0.6) is 0 Å². The molecule has 0 heterocycles. The van der Waals surface area contributed by atoms with Gasteiger partial charge in [-0.25, -0.2) is 0 Å². The van der Waals surface area contributed by atoms with Crippen LogP contribution >= 0.6 is 0 Å². The summed E-state index contributed by atoms with van der Waals surface area (Å²) in [6, 6.07) is 2.46. The highest BCUT2D eigenvalue weighted by Gasteiger charge is 2.31. The zero-order valence-electron chi connectivity index (χ0n) is 11.7. The molecule has 3 unspecified atom stereocenters. The van der Waals surface area contributed by atoms with Crippen LogP contribution < -0.4 is 0 Å². The lowest BCUT2D eigenvalue weighted by Crippen LogP contribution is -2.32. The van der Waals surface area contributed by atoms with Crippen LogP contribution in [0.25, 0.3) is 0 Å². The van der Waals surface area contributed by atoms with Gasteiger partial charge in [-0.15, -0.1) is 0 Å². The molecule has 0 aromatic carbocycles. The van der Waals surface area contributed by atoms with Crippen LogP contribution in [-0.4, -0.2) is 12.7 Å². The van der Waals surface area contributed by atoms with Crippen LogP contribution in [-0.2, 0) is 4.74 Å². The van der Waals surface area contributed by atoms with Gasteiger partial charge in [0.15, 0.2) is 0 Å². The highest BCUT2D eigenvalue weighted by Crippen LogP contribution is 2.33. The normalized spacial score (nSPS) is 34.1. The van der Waals surface area contributed by atoms with Crippen LogP contribution in [0.1, 0.15) is 64.7 Å². The fourth-order valence-corrected chi connectivity index (χ4v) is 3.53. The van der Waals surface area contributed by atoms with Crippen molar-refractivity contribution < 1.29 is 4.74 Å². The molecule has 0 amide bonds. The third-order valence-electron chi connectivity index (χ3n) is 4.91. The predicted octanol–water partition coefficient (Wildman–Crippen LogP) is 4.30. The first-order valence-corrected chi connectivity index (χ1v) is 7.84. The highest BCUT2D eigenvalue weighted by molar-refractivity contribution is 4.93. The second-order valence-electron chi connectivity index (χ2n) is 6.20. The van der Waals surface area contributed by atoms with Gasteiger partial charge in [-0.1, -0.05) is 32.6 Å². The molecule has 2 heteroatoms. The van der Waals surface area contributed by atoms with Gasteiger partial charge < -0.3 is 4.74 Å². The summed E-state index contributed by atoms with van der Waals surface area (Å²) in [5.74, 6) is 1.70. The maximum atomic E-state index is 9.23. The first-order chi connectivity index (χ1) is 8.83. The average Bonchev–Trinajstić information content (AvgIpc) is 2.45. The Bertz CT molecular complexity index is 277. The molecule has 2 aliphatic rings. The van der Waals surface area contributed by atoms with Gasteiger partial charge in [0.2, 0.25) is 0 Å². The van der Waals surface area contributed by atoms with E-state index in [0.717, 1.165) is 31.3 Å². The molecular weight excluding hydrogens is 222 g/mol. The summed E-state index contributed by atoms with van der Waals surface area (Å²) < 4.78 is 6.14. The monoisotopic (exact) mass is 249 g/mol. The van der Waals surface area contributed by atoms with Gasteiger partial charge in [-0.3, -0.25) is 0 Å². The number of hydrogen-bond donors (Lipinski definition) is 0. The highest BCUT2D eigenvalue weighted by atomic mass is 16.5. The van der Waals surface area contributed by atoms with Gasteiger partial charge in [-0.2, -0.15) is 5.26 Å². The van der Waals surface area contributed by atoms with Crippen LogP contribution in [0.15, 0.2) is 0 Å². The average molecular weight is 249 g/mol. The Hall–Kier alpha value is -0.550. The molecule has 2 rings (SSSR count). The molecule has 0 radical (unpaired) electrons. The van der Waals surface area contributed by atoms with Gasteiger partial charge in [-0.05, 0) is 43.9 Å². The fraction of sp³-hybridized carbons (Fsp3) is 0.938. The zero-order chi connectivity index (χ0) is 12.8. The number of hydrogen-bond acceptors (Lipinski definition) is 2. The van der Waals surface area contributed by atoms with Crippen molar-refractivity contribution in [2.24, 2.45) is 17.8 Å². The first kappa shape index (κ1) is 13.9. The lowest BCUT2D eigenvalue weighted by atomic mass is 9.79. The maximum Gasteiger partial charge on any atom is 0.0735 e. The number of ether oxygens (including phenoxy) is 1. The predicted molar refractivity (Wildman–Crippen MR) is 73.1 cm³/mol. The molecule has 0 aromatic rings. The molecule has 2 aliphatic carbocycles. The third kappa shape index (κ3) is 3.72. The van der Waals surface area contributed by atoms with Crippen LogP contribution in [0.3, 0.4) is 0 Å². The molecule has 102 valence electrons. The third-order valence-corrected chi connectivity index (χ3v) is 4.91. The van der Waals surface area contributed by atoms with E-state index in [1.165, 1.54) is 44.9 Å². The molecule has 3 atom stereocenters. The minimum absolute atomic E-state index is 0.149. The van der Waals surface area contributed by atoms with E-state index in [1.54, 1.807) is 0 Å². The van der Waals surface area contributed by atoms with Gasteiger partial charge >= 0.3 is 0 Å². The van der Waals surface area contributed by atoms with Crippen molar-refractivity contribution in [1.29, 1.82) is 5.26 Å². The maximum absolute atomic E-state index is 9.23. The Morgan fingerprint density at radius 3 is 2.50 bits per heavy atom. The van der Waals surface area contributed by atoms with Crippen LogP contribution in [0.4, 0.5) is 0 Å². The molecule has 0 aromatic heterocycles. The second-order valence-corrected chi connectivity index (χ2v) is 6.20. The topological polar surface area (TPSA) is 33.0 Å². The van der Waals surface area contributed by atoms with Crippen molar-refractivity contribution in [3.8, 4) is 6.07 Å². The molecule has 2 saturated carbocycles. The summed E-state index contributed by atoms with van der Waals surface area (Å²) in [6.45, 7) is 3.16. The molecule has 0 saturated heterocycles. The van der Waals surface area contributed by atoms with E-state index >= 15 is 0 Å². The SMILES string of the molecule is CCC1CCC(C#N)C(OCC2CCCCC2)C1. The lowest BCUT2D eigenvalue weighted by molar-refractivity contribution is -0.0307. The van der Waals surface area contributed by atoms with Gasteiger partial charge in [0.25, 0.3) is 0 Å². The first-order valence-electron chi connectivity index (χ1n) is 7.84. The standard InChI is InChI=1S/C16H27NO/c1-2-13-8-9-15(11-17)16(10-13)18-12-14-6-4-3-5-7-14/h13-16H,2-10,12H2,1H3. The molecule has 2 nitrogen and oxygen atoms in total. The summed E-state index contributed by atoms with van der Waals surface area (Å²) >= 11 is 0. The van der Waals surface area contributed by atoms with E-state index in [0.29, 0.717) is 0 Å². The van der Waals surface area contributed by atoms with Crippen molar-refractivity contribution in [3.63, 3.8) is 0 Å². The second kappa shape index (κ2) is 7.14. The van der Waals surface area contributed by atoms with E-state index < -0.39 is 0 Å². The molecular formula is C16H27NO. The minimum atomic E-state index is 0.149. The Labute approximate surface area is 112 Å². The summed E-state index contributed by atoms with van der Waals surface area (Å²) in [4.78, 5) is 0. The van der Waals surface area contributed by atoms with Gasteiger partial charge in [0.1, 0.15) is 0 Å². The number of rotatable bonds is 4. The Morgan fingerprint density at radius 1 is 1.06 bits per heavy atom. The van der Waals surface area contributed by atoms with Gasteiger partial charge in [0, 0.05) is 6.61 Å². The van der Waals surface area contributed by atoms with Crippen molar-refractivity contribution in [2.75, 3.05) is 6.61 Å². The Morgan fingerprint density at radius 2 is 1.83 bits per heavy atom. The van der Waals surface area contributed by atoms with Crippen molar-refractivity contribution >= 4 is 0 Å². The van der Waals surface area contributed by atoms with E-state index in [4.69, 9.17) is 4.74 Å². The zero-order valence-corrected chi connectivity index (χ0v) is 11.7. The molecule has 0 spiro atoms. The summed E-state index contributed by atoms with van der Waals surface area (Å²) in [6.07, 6.45) is 11.7. The molecule has 0 N–H and O–H groups in total. The molecule has 2 fully saturated rings. The molecule has 0 bridgehead atoms. The number of nitrogens with zero attached hydrogens (tertiary/aromatic N) is 1. The van der Waals surface area contributed by atoms with Crippen LogP contribution in [0, 0.1) is 29.1 Å². The van der Waals surface area contributed by atoms with Crippen molar-refractivity contribution in [2.45, 2.75) is 70.8 Å². The summed E-state index contributed by atoms with van der Waals surface area (Å²) in [5, 5.41) is 9.23. The van der Waals surface area contributed by atoms with E-state index in [1.807, 2.05) is 0 Å². The summed E-state index contributed by atoms with van der Waals surface area (Å²) in [7, 11) is 0.